The lowest BCUT2D eigenvalue weighted by atomic mass is 10.0. The van der Waals surface area contributed by atoms with Crippen molar-refractivity contribution in [3.05, 3.63) is 50.6 Å². The van der Waals surface area contributed by atoms with Crippen molar-refractivity contribution in [1.29, 1.82) is 0 Å². The first-order chi connectivity index (χ1) is 16.3. The molecular formula is C21H18F6N4OS3. The summed E-state index contributed by atoms with van der Waals surface area (Å²) in [6, 6.07) is 2.85. The summed E-state index contributed by atoms with van der Waals surface area (Å²) in [4.78, 5) is 18.8. The van der Waals surface area contributed by atoms with Crippen LogP contribution in [0.25, 0.3) is 17.2 Å². The number of amides is 1. The second-order valence-corrected chi connectivity index (χ2v) is 10.00. The van der Waals surface area contributed by atoms with Crippen LogP contribution in [0.1, 0.15) is 28.8 Å². The highest BCUT2D eigenvalue weighted by Crippen LogP contribution is 2.40. The van der Waals surface area contributed by atoms with Crippen molar-refractivity contribution in [2.45, 2.75) is 25.2 Å². The van der Waals surface area contributed by atoms with Gasteiger partial charge in [-0.15, -0.1) is 11.3 Å². The molecule has 1 saturated heterocycles. The number of thiocarbonyl (C=S) groups is 1. The third-order valence-electron chi connectivity index (χ3n) is 4.77. The van der Waals surface area contributed by atoms with Gasteiger partial charge in [-0.05, 0) is 59.7 Å². The molecule has 0 radical (unpaired) electrons. The molecule has 2 aromatic rings. The fourth-order valence-electron chi connectivity index (χ4n) is 3.11. The minimum absolute atomic E-state index is 0.0198. The average molecular weight is 553 g/mol. The van der Waals surface area contributed by atoms with Crippen molar-refractivity contribution < 1.29 is 31.1 Å². The van der Waals surface area contributed by atoms with Gasteiger partial charge in [0.05, 0.1) is 16.0 Å². The standard InChI is InChI=1S/C21H18F6N4OS3/c22-20(23,24)13-5-11(6-14(8-13)21(25,26)27)12-7-15(34-10-12)9-16-17(32)31(19(33)35-16)4-2-1-3-30-18(28)29/h5-10H,1-4H2,(H4,28,29,30)/b16-9-. The molecule has 1 aromatic heterocycles. The normalized spacial score (nSPS) is 15.8. The second kappa shape index (κ2) is 10.6. The van der Waals surface area contributed by atoms with E-state index in [-0.39, 0.29) is 29.1 Å². The molecule has 1 aliphatic rings. The molecule has 0 unspecified atom stereocenters. The van der Waals surface area contributed by atoms with Crippen LogP contribution < -0.4 is 11.5 Å². The number of benzene rings is 1. The van der Waals surface area contributed by atoms with Crippen LogP contribution in [0.5, 0.6) is 0 Å². The fraction of sp³-hybridized carbons (Fsp3) is 0.286. The molecule has 188 valence electrons. The maximum Gasteiger partial charge on any atom is 0.416 e. The number of nitrogens with zero attached hydrogens (tertiary/aromatic N) is 2. The van der Waals surface area contributed by atoms with E-state index >= 15 is 0 Å². The van der Waals surface area contributed by atoms with Crippen LogP contribution >= 0.6 is 35.3 Å². The predicted molar refractivity (Wildman–Crippen MR) is 130 cm³/mol. The highest BCUT2D eigenvalue weighted by molar-refractivity contribution is 8.26. The maximum absolute atomic E-state index is 13.2. The number of carbonyl (C=O) groups is 1. The Morgan fingerprint density at radius 2 is 1.63 bits per heavy atom. The van der Waals surface area contributed by atoms with Gasteiger partial charge in [-0.1, -0.05) is 24.0 Å². The van der Waals surface area contributed by atoms with Gasteiger partial charge in [0.2, 0.25) is 0 Å². The number of guanidine groups is 1. The van der Waals surface area contributed by atoms with Crippen molar-refractivity contribution in [3.63, 3.8) is 0 Å². The van der Waals surface area contributed by atoms with E-state index in [9.17, 15) is 31.1 Å². The van der Waals surface area contributed by atoms with E-state index in [0.29, 0.717) is 52.2 Å². The minimum atomic E-state index is -4.94. The van der Waals surface area contributed by atoms with Gasteiger partial charge in [0.15, 0.2) is 5.96 Å². The Kier molecular flexibility index (Phi) is 8.17. The zero-order valence-corrected chi connectivity index (χ0v) is 20.2. The van der Waals surface area contributed by atoms with Crippen LogP contribution in [-0.4, -0.2) is 34.2 Å². The highest BCUT2D eigenvalue weighted by Gasteiger charge is 2.37. The smallest absolute Gasteiger partial charge is 0.370 e. The minimum Gasteiger partial charge on any atom is -0.370 e. The molecule has 1 aliphatic heterocycles. The lowest BCUT2D eigenvalue weighted by Gasteiger charge is -2.13. The Morgan fingerprint density at radius 3 is 2.20 bits per heavy atom. The summed E-state index contributed by atoms with van der Waals surface area (Å²) in [5.41, 5.74) is 7.68. The molecular weight excluding hydrogens is 534 g/mol. The first kappa shape index (κ1) is 27.0. The predicted octanol–water partition coefficient (Wildman–Crippen LogP) is 5.71. The molecule has 5 nitrogen and oxygen atoms in total. The van der Waals surface area contributed by atoms with Gasteiger partial charge in [0.1, 0.15) is 4.32 Å². The van der Waals surface area contributed by atoms with Crippen molar-refractivity contribution >= 4 is 57.6 Å². The zero-order valence-electron chi connectivity index (χ0n) is 17.7. The Hall–Kier alpha value is -2.58. The molecule has 4 N–H and O–H groups in total. The number of unbranched alkanes of at least 4 members (excludes halogenated alkanes) is 1. The number of alkyl halides is 6. The Balaban J connectivity index is 1.79. The fourth-order valence-corrected chi connectivity index (χ4v) is 5.34. The lowest BCUT2D eigenvalue weighted by molar-refractivity contribution is -0.143. The molecule has 0 atom stereocenters. The van der Waals surface area contributed by atoms with E-state index in [0.717, 1.165) is 23.1 Å². The molecule has 3 rings (SSSR count). The Morgan fingerprint density at radius 1 is 1.00 bits per heavy atom. The number of aliphatic imine (C=N–C) groups is 1. The quantitative estimate of drug-likeness (QED) is 0.115. The van der Waals surface area contributed by atoms with E-state index in [4.69, 9.17) is 23.7 Å². The van der Waals surface area contributed by atoms with Crippen LogP contribution in [0.2, 0.25) is 0 Å². The number of hydrogen-bond acceptors (Lipinski definition) is 5. The largest absolute Gasteiger partial charge is 0.416 e. The number of thiophene rings is 1. The van der Waals surface area contributed by atoms with Gasteiger partial charge in [-0.25, -0.2) is 0 Å². The van der Waals surface area contributed by atoms with E-state index in [1.54, 1.807) is 0 Å². The van der Waals surface area contributed by atoms with E-state index in [1.165, 1.54) is 22.4 Å². The number of hydrogen-bond donors (Lipinski definition) is 2. The number of carbonyl (C=O) groups excluding carboxylic acids is 1. The average Bonchev–Trinajstić information content (AvgIpc) is 3.31. The van der Waals surface area contributed by atoms with Crippen LogP contribution in [0.15, 0.2) is 39.5 Å². The van der Waals surface area contributed by atoms with Gasteiger partial charge in [-0.3, -0.25) is 14.7 Å². The van der Waals surface area contributed by atoms with Crippen LogP contribution in [0, 0.1) is 0 Å². The topological polar surface area (TPSA) is 84.7 Å². The van der Waals surface area contributed by atoms with Crippen molar-refractivity contribution in [2.24, 2.45) is 16.5 Å². The molecule has 14 heteroatoms. The molecule has 0 saturated carbocycles. The van der Waals surface area contributed by atoms with E-state index in [2.05, 4.69) is 4.99 Å². The molecule has 1 aromatic carbocycles. The second-order valence-electron chi connectivity index (χ2n) is 7.38. The highest BCUT2D eigenvalue weighted by atomic mass is 32.2. The summed E-state index contributed by atoms with van der Waals surface area (Å²) >= 11 is 7.42. The lowest BCUT2D eigenvalue weighted by Crippen LogP contribution is -2.29. The van der Waals surface area contributed by atoms with Gasteiger partial charge < -0.3 is 11.5 Å². The molecule has 2 heterocycles. The van der Waals surface area contributed by atoms with Gasteiger partial charge in [0.25, 0.3) is 5.91 Å². The SMILES string of the molecule is NC(N)=NCCCCN1C(=O)/C(=C/c2cc(-c3cc(C(F)(F)F)cc(C(F)(F)F)c3)cs2)SC1=S. The van der Waals surface area contributed by atoms with Gasteiger partial charge in [-0.2, -0.15) is 26.3 Å². The summed E-state index contributed by atoms with van der Waals surface area (Å²) in [5, 5.41) is 1.44. The van der Waals surface area contributed by atoms with Crippen molar-refractivity contribution in [2.75, 3.05) is 13.1 Å². The van der Waals surface area contributed by atoms with Crippen molar-refractivity contribution in [3.8, 4) is 11.1 Å². The van der Waals surface area contributed by atoms with E-state index in [1.807, 2.05) is 0 Å². The summed E-state index contributed by atoms with van der Waals surface area (Å²) in [7, 11) is 0. The van der Waals surface area contributed by atoms with Gasteiger partial charge in [0, 0.05) is 18.0 Å². The van der Waals surface area contributed by atoms with Gasteiger partial charge >= 0.3 is 12.4 Å². The summed E-state index contributed by atoms with van der Waals surface area (Å²) in [5.74, 6) is -0.344. The summed E-state index contributed by atoms with van der Waals surface area (Å²) in [6.45, 7) is 0.776. The molecule has 0 spiro atoms. The van der Waals surface area contributed by atoms with Crippen LogP contribution in [0.4, 0.5) is 26.3 Å². The molecule has 35 heavy (non-hydrogen) atoms. The third kappa shape index (κ3) is 6.98. The summed E-state index contributed by atoms with van der Waals surface area (Å²) in [6.07, 6.45) is -7.11. The Labute approximate surface area is 209 Å². The molecule has 0 bridgehead atoms. The molecule has 1 fully saturated rings. The first-order valence-corrected chi connectivity index (χ1v) is 12.1. The Bertz CT molecular complexity index is 1150. The number of rotatable bonds is 7. The first-order valence-electron chi connectivity index (χ1n) is 9.95. The molecule has 0 aliphatic carbocycles. The van der Waals surface area contributed by atoms with Crippen LogP contribution in [0.3, 0.4) is 0 Å². The summed E-state index contributed by atoms with van der Waals surface area (Å²) < 4.78 is 79.3. The van der Waals surface area contributed by atoms with E-state index < -0.39 is 23.5 Å². The monoisotopic (exact) mass is 552 g/mol. The van der Waals surface area contributed by atoms with Crippen molar-refractivity contribution in [1.82, 2.24) is 4.90 Å². The maximum atomic E-state index is 13.2. The number of thioether (sulfide) groups is 1. The zero-order chi connectivity index (χ0) is 26.0. The number of halogens is 6. The third-order valence-corrected chi connectivity index (χ3v) is 7.03. The number of nitrogens with two attached hydrogens (primary N) is 2. The van der Waals surface area contributed by atoms with Crippen LogP contribution in [-0.2, 0) is 17.1 Å². The molecule has 1 amide bonds.